The normalized spacial score (nSPS) is 28.2. The number of amides is 4. The fraction of sp³-hybridized carbons (Fsp3) is 0.560. The predicted octanol–water partition coefficient (Wildman–Crippen LogP) is 8.11. The molecule has 2 saturated carbocycles. The van der Waals surface area contributed by atoms with Gasteiger partial charge in [-0.2, -0.15) is 0 Å². The number of rotatable bonds is 11. The van der Waals surface area contributed by atoms with Crippen LogP contribution in [0.1, 0.15) is 133 Å². The highest BCUT2D eigenvalue weighted by Gasteiger charge is 2.53. The lowest BCUT2D eigenvalue weighted by Gasteiger charge is -2.37. The second kappa shape index (κ2) is 16.9. The van der Waals surface area contributed by atoms with Crippen LogP contribution < -0.4 is 16.0 Å². The van der Waals surface area contributed by atoms with Crippen LogP contribution >= 0.6 is 0 Å². The monoisotopic (exact) mass is 885 g/mol. The third kappa shape index (κ3) is 7.47. The molecular formula is C50H63N9O6. The maximum absolute atomic E-state index is 14.2. The first-order valence-electron chi connectivity index (χ1n) is 23.8. The molecule has 6 bridgehead atoms. The Balaban J connectivity index is 0.922. The molecule has 15 heteroatoms. The number of imidazole rings is 2. The Hall–Kier alpha value is -5.70. The third-order valence-corrected chi connectivity index (χ3v) is 15.7. The molecule has 15 nitrogen and oxygen atoms in total. The first-order chi connectivity index (χ1) is 31.3. The Bertz CT molecular complexity index is 2480. The first-order valence-corrected chi connectivity index (χ1v) is 23.8. The van der Waals surface area contributed by atoms with Crippen molar-refractivity contribution in [1.82, 2.24) is 45.7 Å². The van der Waals surface area contributed by atoms with Crippen molar-refractivity contribution in [3.05, 3.63) is 71.6 Å². The third-order valence-electron chi connectivity index (χ3n) is 15.7. The van der Waals surface area contributed by atoms with E-state index in [0.717, 1.165) is 91.1 Å². The largest absolute Gasteiger partial charge is 0.453 e. The minimum Gasteiger partial charge on any atom is -0.453 e. The van der Waals surface area contributed by atoms with E-state index < -0.39 is 24.3 Å². The Morgan fingerprint density at radius 3 is 1.60 bits per heavy atom. The van der Waals surface area contributed by atoms with Crippen molar-refractivity contribution in [3.63, 3.8) is 0 Å². The van der Waals surface area contributed by atoms with Crippen molar-refractivity contribution < 1.29 is 28.7 Å². The summed E-state index contributed by atoms with van der Waals surface area (Å²) in [4.78, 5) is 74.0. The molecule has 6 heterocycles. The summed E-state index contributed by atoms with van der Waals surface area (Å²) >= 11 is 0. The van der Waals surface area contributed by atoms with E-state index in [4.69, 9.17) is 19.4 Å². The molecule has 344 valence electrons. The molecule has 3 unspecified atom stereocenters. The SMILES string of the molecule is COC(=O)N[C@H](C(=O)N1[C@@H]2CC[C@@H](C2)[C@H]1c1ncc(-c2ccc(-c3ccc(-c4cnc([C@@H]5[C@H]6CC[C@H](C6)N5C(=O)[C@@H](NC(=O)OC)C(C)C)[nH]4)c4c3C3CC(C)CC4N3)cc2)[nH]1)C(C)C. The van der Waals surface area contributed by atoms with E-state index in [9.17, 15) is 19.2 Å². The molecule has 0 radical (unpaired) electrons. The van der Waals surface area contributed by atoms with E-state index in [1.807, 2.05) is 49.9 Å². The molecule has 4 aromatic rings. The van der Waals surface area contributed by atoms with Crippen molar-refractivity contribution >= 4 is 24.0 Å². The van der Waals surface area contributed by atoms with E-state index in [0.29, 0.717) is 17.8 Å². The summed E-state index contributed by atoms with van der Waals surface area (Å²) in [6.07, 6.45) is 10.6. The van der Waals surface area contributed by atoms with Gasteiger partial charge in [0.1, 0.15) is 23.7 Å². The number of aromatic amines is 2. The summed E-state index contributed by atoms with van der Waals surface area (Å²) in [5.74, 6) is 2.37. The van der Waals surface area contributed by atoms with Crippen LogP contribution in [0.4, 0.5) is 9.59 Å². The van der Waals surface area contributed by atoms with Crippen LogP contribution in [0, 0.1) is 29.6 Å². The molecule has 4 amide bonds. The molecule has 11 atom stereocenters. The van der Waals surface area contributed by atoms with Gasteiger partial charge >= 0.3 is 12.2 Å². The highest BCUT2D eigenvalue weighted by atomic mass is 16.5. The Morgan fingerprint density at radius 2 is 1.09 bits per heavy atom. The van der Waals surface area contributed by atoms with Gasteiger partial charge in [0.05, 0.1) is 50.1 Å². The lowest BCUT2D eigenvalue weighted by atomic mass is 9.88. The molecule has 3 saturated heterocycles. The van der Waals surface area contributed by atoms with Crippen molar-refractivity contribution in [2.75, 3.05) is 14.2 Å². The number of piperidine rings is 3. The van der Waals surface area contributed by atoms with Crippen LogP contribution in [-0.2, 0) is 19.1 Å². The zero-order valence-corrected chi connectivity index (χ0v) is 38.5. The Morgan fingerprint density at radius 1 is 0.631 bits per heavy atom. The fourth-order valence-electron chi connectivity index (χ4n) is 12.7. The van der Waals surface area contributed by atoms with E-state index in [1.54, 1.807) is 0 Å². The zero-order valence-electron chi connectivity index (χ0n) is 38.5. The number of nitrogens with one attached hydrogen (secondary N) is 5. The molecule has 2 aliphatic carbocycles. The van der Waals surface area contributed by atoms with E-state index in [1.165, 1.54) is 30.9 Å². The van der Waals surface area contributed by atoms with Gasteiger partial charge < -0.3 is 45.2 Å². The average molecular weight is 886 g/mol. The van der Waals surface area contributed by atoms with Gasteiger partial charge in [0.2, 0.25) is 11.8 Å². The number of nitrogens with zero attached hydrogens (tertiary/aromatic N) is 4. The maximum Gasteiger partial charge on any atom is 0.407 e. The first kappa shape index (κ1) is 43.2. The van der Waals surface area contributed by atoms with Crippen LogP contribution in [0.3, 0.4) is 0 Å². The average Bonchev–Trinajstić information content (AvgIpc) is 4.18. The summed E-state index contributed by atoms with van der Waals surface area (Å²) in [6.45, 7) is 10.1. The smallest absolute Gasteiger partial charge is 0.407 e. The Labute approximate surface area is 380 Å². The molecule has 0 spiro atoms. The number of methoxy groups -OCH3 is 2. The van der Waals surface area contributed by atoms with Crippen LogP contribution in [-0.4, -0.2) is 92.1 Å². The van der Waals surface area contributed by atoms with Gasteiger partial charge in [-0.15, -0.1) is 0 Å². The maximum atomic E-state index is 14.2. The standard InChI is InChI=1S/C50H63N9O6/c1-24(2)41(56-49(62)64-6)47(60)58-31-14-12-29(20-31)43(58)45-51-22-37(54-45)28-10-8-27(9-11-28)33-16-17-34(40-36-19-26(5)18-35(53-36)39(33)40)38-23-52-46(55-38)44-30-13-15-32(21-30)59(44)48(61)42(25(3)4)57-50(63)65-7/h8-11,16-17,22-26,29-32,35-36,41-44,53H,12-15,18-21H2,1-7H3,(H,51,54)(H,52,55)(H,56,62)(H,57,63)/t26?,29-,30-,31+,32+,35?,36?,41-,42-,43-,44-/m0/s1. The molecular weight excluding hydrogens is 823 g/mol. The second-order valence-corrected chi connectivity index (χ2v) is 20.3. The van der Waals surface area contributed by atoms with Gasteiger partial charge in [-0.1, -0.05) is 71.0 Å². The molecule has 6 aliphatic rings. The minimum atomic E-state index is -0.690. The van der Waals surface area contributed by atoms with Gasteiger partial charge in [0, 0.05) is 29.7 Å². The number of ether oxygens (including phenoxy) is 2. The summed E-state index contributed by atoms with van der Waals surface area (Å²) in [5.41, 5.74) is 9.03. The highest BCUT2D eigenvalue weighted by molar-refractivity contribution is 5.88. The molecule has 10 rings (SSSR count). The number of aromatic nitrogens is 4. The quantitative estimate of drug-likeness (QED) is 0.0992. The van der Waals surface area contributed by atoms with Crippen LogP contribution in [0.5, 0.6) is 0 Å². The van der Waals surface area contributed by atoms with Crippen molar-refractivity contribution in [2.45, 2.75) is 134 Å². The van der Waals surface area contributed by atoms with E-state index in [2.05, 4.69) is 69.2 Å². The molecule has 5 N–H and O–H groups in total. The zero-order chi connectivity index (χ0) is 45.4. The summed E-state index contributed by atoms with van der Waals surface area (Å²) in [7, 11) is 2.64. The van der Waals surface area contributed by atoms with Gasteiger partial charge in [-0.05, 0) is 109 Å². The van der Waals surface area contributed by atoms with Crippen molar-refractivity contribution in [1.29, 1.82) is 0 Å². The minimum absolute atomic E-state index is 0.0813. The highest BCUT2D eigenvalue weighted by Crippen LogP contribution is 2.54. The molecule has 2 aromatic carbocycles. The van der Waals surface area contributed by atoms with Crippen molar-refractivity contribution in [2.24, 2.45) is 29.6 Å². The van der Waals surface area contributed by atoms with Crippen LogP contribution in [0.15, 0.2) is 48.8 Å². The lowest BCUT2D eigenvalue weighted by molar-refractivity contribution is -0.140. The number of H-pyrrole nitrogens is 2. The summed E-state index contributed by atoms with van der Waals surface area (Å²) in [5, 5.41) is 9.55. The van der Waals surface area contributed by atoms with Crippen molar-refractivity contribution in [3.8, 4) is 33.6 Å². The number of alkyl carbamates (subject to hydrolysis) is 2. The second-order valence-electron chi connectivity index (χ2n) is 20.3. The predicted molar refractivity (Wildman–Crippen MR) is 244 cm³/mol. The van der Waals surface area contributed by atoms with Gasteiger partial charge in [0.25, 0.3) is 0 Å². The van der Waals surface area contributed by atoms with Gasteiger partial charge in [-0.25, -0.2) is 19.6 Å². The number of likely N-dealkylation sites (tertiary alicyclic amines) is 2. The van der Waals surface area contributed by atoms with Crippen LogP contribution in [0.25, 0.3) is 33.6 Å². The Kier molecular flexibility index (Phi) is 11.3. The molecule has 65 heavy (non-hydrogen) atoms. The fourth-order valence-corrected chi connectivity index (χ4v) is 12.7. The molecule has 2 aromatic heterocycles. The number of fused-ring (bicyclic) bond motifs is 9. The molecule has 5 fully saturated rings. The summed E-state index contributed by atoms with van der Waals surface area (Å²) in [6, 6.07) is 12.1. The number of hydrogen-bond acceptors (Lipinski definition) is 9. The topological polar surface area (TPSA) is 187 Å². The number of hydrogen-bond donors (Lipinski definition) is 5. The van der Waals surface area contributed by atoms with Gasteiger partial charge in [-0.3, -0.25) is 9.59 Å². The van der Waals surface area contributed by atoms with E-state index in [-0.39, 0.29) is 59.9 Å². The number of carbonyl (C=O) groups is 4. The number of carbonyl (C=O) groups excluding carboxylic acids is 4. The summed E-state index contributed by atoms with van der Waals surface area (Å²) < 4.78 is 9.75. The van der Waals surface area contributed by atoms with Gasteiger partial charge in [0.15, 0.2) is 0 Å². The lowest BCUT2D eigenvalue weighted by Crippen LogP contribution is -2.54. The van der Waals surface area contributed by atoms with Crippen LogP contribution in [0.2, 0.25) is 0 Å². The molecule has 4 aliphatic heterocycles. The van der Waals surface area contributed by atoms with E-state index >= 15 is 0 Å². The number of benzene rings is 2.